The van der Waals surface area contributed by atoms with E-state index in [9.17, 15) is 14.4 Å². The number of imidazole rings is 1. The molecule has 1 fully saturated rings. The number of hydrogen-bond donors (Lipinski definition) is 1. The number of carbonyl (C=O) groups excluding carboxylic acids is 3. The molecule has 0 unspecified atom stereocenters. The summed E-state index contributed by atoms with van der Waals surface area (Å²) in [5.74, 6) is -1.57. The van der Waals surface area contributed by atoms with Crippen LogP contribution in [0.15, 0.2) is 18.3 Å². The van der Waals surface area contributed by atoms with Gasteiger partial charge in [0.05, 0.1) is 37.2 Å². The van der Waals surface area contributed by atoms with Crippen LogP contribution in [0.25, 0.3) is 5.65 Å². The molecule has 1 N–H and O–H groups in total. The Balaban J connectivity index is 1.57. The molecule has 0 saturated heterocycles. The summed E-state index contributed by atoms with van der Waals surface area (Å²) in [7, 11) is 0. The second kappa shape index (κ2) is 6.77. The number of nitrogens with one attached hydrogen (secondary N) is 1. The third kappa shape index (κ3) is 3.76. The molecule has 0 bridgehead atoms. The van der Waals surface area contributed by atoms with E-state index in [-0.39, 0.29) is 19.6 Å². The Hall–Kier alpha value is -2.77. The summed E-state index contributed by atoms with van der Waals surface area (Å²) in [6, 6.07) is 3.84. The summed E-state index contributed by atoms with van der Waals surface area (Å²) in [6.07, 6.45) is 4.04. The van der Waals surface area contributed by atoms with E-state index in [4.69, 9.17) is 0 Å². The van der Waals surface area contributed by atoms with Crippen molar-refractivity contribution in [3.05, 3.63) is 29.7 Å². The van der Waals surface area contributed by atoms with E-state index in [2.05, 4.69) is 20.1 Å². The highest BCUT2D eigenvalue weighted by Gasteiger charge is 2.25. The van der Waals surface area contributed by atoms with Crippen molar-refractivity contribution in [1.29, 1.82) is 0 Å². The van der Waals surface area contributed by atoms with Crippen LogP contribution in [0.5, 0.6) is 0 Å². The molecule has 1 aliphatic rings. The van der Waals surface area contributed by atoms with Gasteiger partial charge in [0.25, 0.3) is 5.78 Å². The normalized spacial score (nSPS) is 13.7. The van der Waals surface area contributed by atoms with E-state index in [1.54, 1.807) is 17.6 Å². The van der Waals surface area contributed by atoms with Crippen molar-refractivity contribution < 1.29 is 19.1 Å². The lowest BCUT2D eigenvalue weighted by Crippen LogP contribution is -2.34. The van der Waals surface area contributed by atoms with Crippen LogP contribution in [0.2, 0.25) is 0 Å². The Labute approximate surface area is 138 Å². The average Bonchev–Trinajstić information content (AvgIpc) is 3.33. The van der Waals surface area contributed by atoms with Crippen molar-refractivity contribution in [2.24, 2.45) is 0 Å². The Kier molecular flexibility index (Phi) is 4.54. The maximum absolute atomic E-state index is 11.9. The molecular weight excluding hydrogens is 312 g/mol. The SMILES string of the molecule is CCOC(=O)C(=O)CNC(=O)Cc1cn2nc(C3CC3)ccc2n1. The number of nitrogens with zero attached hydrogens (tertiary/aromatic N) is 3. The van der Waals surface area contributed by atoms with E-state index in [1.807, 2.05) is 12.1 Å². The molecule has 2 heterocycles. The molecule has 1 aliphatic carbocycles. The standard InChI is InChI=1S/C16H18N4O4/c1-2-24-16(23)13(21)8-17-15(22)7-11-9-20-14(18-11)6-5-12(19-20)10-3-4-10/h5-6,9-10H,2-4,7-8H2,1H3,(H,17,22). The van der Waals surface area contributed by atoms with Gasteiger partial charge in [-0.25, -0.2) is 14.3 Å². The monoisotopic (exact) mass is 330 g/mol. The minimum absolute atomic E-state index is 0.0121. The summed E-state index contributed by atoms with van der Waals surface area (Å²) in [6.45, 7) is 1.35. The zero-order valence-corrected chi connectivity index (χ0v) is 13.3. The van der Waals surface area contributed by atoms with Crippen LogP contribution >= 0.6 is 0 Å². The van der Waals surface area contributed by atoms with E-state index in [0.29, 0.717) is 17.3 Å². The van der Waals surface area contributed by atoms with Crippen molar-refractivity contribution >= 4 is 23.3 Å². The number of ether oxygens (including phenoxy) is 1. The van der Waals surface area contributed by atoms with Gasteiger partial charge in [0.15, 0.2) is 5.65 Å². The first-order chi connectivity index (χ1) is 11.6. The molecule has 8 heteroatoms. The first-order valence-electron chi connectivity index (χ1n) is 7.88. The van der Waals surface area contributed by atoms with Crippen LogP contribution in [-0.2, 0) is 25.5 Å². The van der Waals surface area contributed by atoms with Crippen molar-refractivity contribution in [2.45, 2.75) is 32.1 Å². The van der Waals surface area contributed by atoms with Crippen molar-refractivity contribution in [3.8, 4) is 0 Å². The highest BCUT2D eigenvalue weighted by atomic mass is 16.5. The average molecular weight is 330 g/mol. The van der Waals surface area contributed by atoms with Gasteiger partial charge in [-0.2, -0.15) is 5.10 Å². The number of aromatic nitrogens is 3. The summed E-state index contributed by atoms with van der Waals surface area (Å²) in [4.78, 5) is 38.8. The maximum atomic E-state index is 11.9. The Morgan fingerprint density at radius 2 is 2.12 bits per heavy atom. The van der Waals surface area contributed by atoms with Gasteiger partial charge in [-0.15, -0.1) is 0 Å². The van der Waals surface area contributed by atoms with E-state index < -0.39 is 17.7 Å². The fourth-order valence-corrected chi connectivity index (χ4v) is 2.32. The highest BCUT2D eigenvalue weighted by Crippen LogP contribution is 2.38. The summed E-state index contributed by atoms with van der Waals surface area (Å²) >= 11 is 0. The zero-order valence-electron chi connectivity index (χ0n) is 13.3. The molecule has 2 aromatic rings. The molecule has 0 aliphatic heterocycles. The first-order valence-corrected chi connectivity index (χ1v) is 7.88. The molecule has 0 spiro atoms. The number of rotatable bonds is 7. The van der Waals surface area contributed by atoms with E-state index in [1.165, 1.54) is 0 Å². The third-order valence-electron chi connectivity index (χ3n) is 3.68. The molecule has 8 nitrogen and oxygen atoms in total. The molecule has 0 aromatic carbocycles. The molecule has 2 aromatic heterocycles. The summed E-state index contributed by atoms with van der Waals surface area (Å²) in [5, 5.41) is 6.89. The molecule has 1 amide bonds. The Bertz CT molecular complexity index is 794. The molecule has 126 valence electrons. The molecule has 0 radical (unpaired) electrons. The van der Waals surface area contributed by atoms with Crippen LogP contribution < -0.4 is 5.32 Å². The van der Waals surface area contributed by atoms with Gasteiger partial charge < -0.3 is 10.1 Å². The lowest BCUT2D eigenvalue weighted by atomic mass is 10.3. The van der Waals surface area contributed by atoms with Crippen LogP contribution in [0.3, 0.4) is 0 Å². The van der Waals surface area contributed by atoms with Crippen molar-refractivity contribution in [2.75, 3.05) is 13.2 Å². The topological polar surface area (TPSA) is 103 Å². The smallest absolute Gasteiger partial charge is 0.376 e. The van der Waals surface area contributed by atoms with Gasteiger partial charge >= 0.3 is 5.97 Å². The lowest BCUT2D eigenvalue weighted by Gasteiger charge is -2.03. The van der Waals surface area contributed by atoms with Crippen LogP contribution in [-0.4, -0.2) is 45.4 Å². The largest absolute Gasteiger partial charge is 0.460 e. The molecule has 3 rings (SSSR count). The van der Waals surface area contributed by atoms with Crippen molar-refractivity contribution in [3.63, 3.8) is 0 Å². The van der Waals surface area contributed by atoms with Crippen molar-refractivity contribution in [1.82, 2.24) is 19.9 Å². The number of Topliss-reactive ketones (excluding diaryl/α,β-unsaturated/α-hetero) is 1. The number of fused-ring (bicyclic) bond motifs is 1. The van der Waals surface area contributed by atoms with Crippen LogP contribution in [0.1, 0.15) is 37.1 Å². The minimum atomic E-state index is -0.942. The number of amides is 1. The lowest BCUT2D eigenvalue weighted by molar-refractivity contribution is -0.153. The molecule has 1 saturated carbocycles. The van der Waals surface area contributed by atoms with E-state index >= 15 is 0 Å². The van der Waals surface area contributed by atoms with Gasteiger partial charge in [-0.3, -0.25) is 9.59 Å². The Morgan fingerprint density at radius 1 is 1.33 bits per heavy atom. The molecular formula is C16H18N4O4. The van der Waals surface area contributed by atoms with Crippen LogP contribution in [0.4, 0.5) is 0 Å². The van der Waals surface area contributed by atoms with E-state index in [0.717, 1.165) is 18.5 Å². The predicted octanol–water partition coefficient (Wildman–Crippen LogP) is 0.398. The predicted molar refractivity (Wildman–Crippen MR) is 83.3 cm³/mol. The number of carbonyl (C=O) groups is 3. The number of esters is 1. The quantitative estimate of drug-likeness (QED) is 0.582. The minimum Gasteiger partial charge on any atom is -0.460 e. The Morgan fingerprint density at radius 3 is 2.83 bits per heavy atom. The first kappa shape index (κ1) is 16.1. The molecule has 24 heavy (non-hydrogen) atoms. The second-order valence-corrected chi connectivity index (χ2v) is 5.66. The van der Waals surface area contributed by atoms with Gasteiger partial charge in [0.2, 0.25) is 5.91 Å². The maximum Gasteiger partial charge on any atom is 0.376 e. The van der Waals surface area contributed by atoms with Gasteiger partial charge in [-0.05, 0) is 31.9 Å². The number of ketones is 1. The summed E-state index contributed by atoms with van der Waals surface area (Å²) in [5.41, 5.74) is 2.26. The number of hydrogen-bond acceptors (Lipinski definition) is 6. The summed E-state index contributed by atoms with van der Waals surface area (Å²) < 4.78 is 6.23. The fourth-order valence-electron chi connectivity index (χ4n) is 2.32. The zero-order chi connectivity index (χ0) is 17.1. The second-order valence-electron chi connectivity index (χ2n) is 5.66. The fraction of sp³-hybridized carbons (Fsp3) is 0.438. The third-order valence-corrected chi connectivity index (χ3v) is 3.68. The van der Waals surface area contributed by atoms with Gasteiger partial charge in [0.1, 0.15) is 0 Å². The molecule has 0 atom stereocenters. The van der Waals surface area contributed by atoms with Crippen LogP contribution in [0, 0.1) is 0 Å². The van der Waals surface area contributed by atoms with Gasteiger partial charge in [-0.1, -0.05) is 0 Å². The van der Waals surface area contributed by atoms with Gasteiger partial charge in [0, 0.05) is 5.92 Å². The highest BCUT2D eigenvalue weighted by molar-refractivity contribution is 6.34.